The number of rotatable bonds is 6. The number of para-hydroxylation sites is 1. The van der Waals surface area contributed by atoms with Gasteiger partial charge in [-0.05, 0) is 41.3 Å². The van der Waals surface area contributed by atoms with Gasteiger partial charge in [0.15, 0.2) is 18.1 Å². The Kier molecular flexibility index (Phi) is 5.43. The minimum atomic E-state index is -0.570. The Labute approximate surface area is 187 Å². The van der Waals surface area contributed by atoms with E-state index in [1.165, 1.54) is 11.3 Å². The van der Waals surface area contributed by atoms with Gasteiger partial charge >= 0.3 is 5.97 Å². The van der Waals surface area contributed by atoms with Crippen molar-refractivity contribution < 1.29 is 23.8 Å². The number of pyridine rings is 1. The van der Waals surface area contributed by atoms with Gasteiger partial charge in [0.2, 0.25) is 6.79 Å². The zero-order valence-corrected chi connectivity index (χ0v) is 17.7. The number of nitrogens with zero attached hydrogens (tertiary/aromatic N) is 1. The second-order valence-electron chi connectivity index (χ2n) is 7.09. The summed E-state index contributed by atoms with van der Waals surface area (Å²) in [5.41, 5.74) is 2.62. The molecule has 2 aromatic heterocycles. The molecule has 32 heavy (non-hydrogen) atoms. The van der Waals surface area contributed by atoms with Crippen molar-refractivity contribution in [3.05, 3.63) is 77.2 Å². The van der Waals surface area contributed by atoms with Crippen molar-refractivity contribution in [2.24, 2.45) is 0 Å². The lowest BCUT2D eigenvalue weighted by Crippen LogP contribution is -2.28. The fourth-order valence-corrected chi connectivity index (χ4v) is 4.09. The molecular weight excluding hydrogens is 428 g/mol. The highest BCUT2D eigenvalue weighted by Crippen LogP contribution is 2.32. The quantitative estimate of drug-likeness (QED) is 0.448. The van der Waals surface area contributed by atoms with Crippen molar-refractivity contribution in [2.75, 3.05) is 13.4 Å². The summed E-state index contributed by atoms with van der Waals surface area (Å²) < 4.78 is 15.9. The maximum Gasteiger partial charge on any atom is 0.339 e. The third-order valence-corrected chi connectivity index (χ3v) is 5.86. The third kappa shape index (κ3) is 4.13. The van der Waals surface area contributed by atoms with Gasteiger partial charge in [-0.3, -0.25) is 4.79 Å². The number of ether oxygens (including phenoxy) is 3. The molecule has 0 radical (unpaired) electrons. The molecule has 1 amide bonds. The van der Waals surface area contributed by atoms with Crippen LogP contribution in [0, 0.1) is 0 Å². The number of esters is 1. The lowest BCUT2D eigenvalue weighted by molar-refractivity contribution is -0.124. The Morgan fingerprint density at radius 3 is 2.78 bits per heavy atom. The zero-order chi connectivity index (χ0) is 21.9. The molecule has 5 rings (SSSR count). The molecule has 0 aliphatic carbocycles. The van der Waals surface area contributed by atoms with E-state index in [1.54, 1.807) is 12.1 Å². The molecule has 160 valence electrons. The molecular formula is C24H18N2O5S. The van der Waals surface area contributed by atoms with Crippen molar-refractivity contribution >= 4 is 34.1 Å². The summed E-state index contributed by atoms with van der Waals surface area (Å²) in [5, 5.41) is 5.38. The molecule has 0 unspecified atom stereocenters. The molecule has 1 aliphatic rings. The van der Waals surface area contributed by atoms with E-state index in [0.29, 0.717) is 33.7 Å². The van der Waals surface area contributed by atoms with Crippen LogP contribution in [-0.2, 0) is 16.1 Å². The zero-order valence-electron chi connectivity index (χ0n) is 16.9. The number of fused-ring (bicyclic) bond motifs is 2. The van der Waals surface area contributed by atoms with Crippen molar-refractivity contribution in [2.45, 2.75) is 6.54 Å². The molecule has 1 aliphatic heterocycles. The summed E-state index contributed by atoms with van der Waals surface area (Å²) in [6, 6.07) is 18.4. The Balaban J connectivity index is 1.26. The Hall–Kier alpha value is -3.91. The molecule has 0 bridgehead atoms. The molecule has 4 aromatic rings. The van der Waals surface area contributed by atoms with Crippen molar-refractivity contribution in [1.29, 1.82) is 0 Å². The maximum atomic E-state index is 12.8. The number of nitrogens with one attached hydrogen (secondary N) is 1. The Bertz CT molecular complexity index is 1300. The van der Waals surface area contributed by atoms with Gasteiger partial charge in [0.25, 0.3) is 5.91 Å². The molecule has 1 N–H and O–H groups in total. The van der Waals surface area contributed by atoms with Crippen LogP contribution in [0.15, 0.2) is 66.0 Å². The first-order chi connectivity index (χ1) is 15.7. The summed E-state index contributed by atoms with van der Waals surface area (Å²) in [6.45, 7) is 0.0983. The molecule has 0 saturated heterocycles. The summed E-state index contributed by atoms with van der Waals surface area (Å²) in [5.74, 6) is 0.363. The molecule has 7 nitrogen and oxygen atoms in total. The van der Waals surface area contributed by atoms with Crippen molar-refractivity contribution in [3.8, 4) is 22.1 Å². The largest absolute Gasteiger partial charge is 0.454 e. The molecule has 0 atom stereocenters. The number of hydrogen-bond donors (Lipinski definition) is 1. The van der Waals surface area contributed by atoms with Crippen LogP contribution in [0.25, 0.3) is 21.5 Å². The summed E-state index contributed by atoms with van der Waals surface area (Å²) >= 11 is 1.54. The number of amides is 1. The van der Waals surface area contributed by atoms with E-state index in [1.807, 2.05) is 53.9 Å². The van der Waals surface area contributed by atoms with Gasteiger partial charge in [-0.25, -0.2) is 9.78 Å². The van der Waals surface area contributed by atoms with E-state index < -0.39 is 11.9 Å². The van der Waals surface area contributed by atoms with Crippen LogP contribution < -0.4 is 14.8 Å². The number of carbonyl (C=O) groups is 2. The minimum absolute atomic E-state index is 0.193. The maximum absolute atomic E-state index is 12.8. The number of aromatic nitrogens is 1. The second kappa shape index (κ2) is 8.68. The normalized spacial score (nSPS) is 12.0. The van der Waals surface area contributed by atoms with E-state index in [0.717, 1.165) is 10.4 Å². The fourth-order valence-electron chi connectivity index (χ4n) is 3.41. The van der Waals surface area contributed by atoms with Crippen LogP contribution in [0.1, 0.15) is 15.9 Å². The van der Waals surface area contributed by atoms with Gasteiger partial charge in [0.05, 0.1) is 21.7 Å². The van der Waals surface area contributed by atoms with Gasteiger partial charge in [0, 0.05) is 11.9 Å². The summed E-state index contributed by atoms with van der Waals surface area (Å²) in [4.78, 5) is 30.7. The van der Waals surface area contributed by atoms with E-state index in [2.05, 4.69) is 10.3 Å². The standard InChI is InChI=1S/C24H18N2O5S/c27-23(25-12-15-7-8-20-21(10-15)31-14-30-20)13-29-24(28)17-11-19(22-6-3-9-32-22)26-18-5-2-1-4-16(17)18/h1-11H,12-14H2,(H,25,27). The lowest BCUT2D eigenvalue weighted by Gasteiger charge is -2.10. The van der Waals surface area contributed by atoms with Gasteiger partial charge in [0.1, 0.15) is 0 Å². The first-order valence-corrected chi connectivity index (χ1v) is 10.8. The fraction of sp³-hybridized carbons (Fsp3) is 0.125. The van der Waals surface area contributed by atoms with Gasteiger partial charge in [-0.15, -0.1) is 11.3 Å². The highest BCUT2D eigenvalue weighted by molar-refractivity contribution is 7.13. The SMILES string of the molecule is O=C(COC(=O)c1cc(-c2cccs2)nc2ccccc12)NCc1ccc2c(c1)OCO2. The average Bonchev–Trinajstić information content (AvgIpc) is 3.52. The van der Waals surface area contributed by atoms with Crippen LogP contribution in [0.5, 0.6) is 11.5 Å². The number of carbonyl (C=O) groups excluding carboxylic acids is 2. The predicted octanol–water partition coefficient (Wildman–Crippen LogP) is 4.17. The van der Waals surface area contributed by atoms with Crippen molar-refractivity contribution in [1.82, 2.24) is 10.3 Å². The van der Waals surface area contributed by atoms with Gasteiger partial charge in [-0.1, -0.05) is 30.3 Å². The number of benzene rings is 2. The van der Waals surface area contributed by atoms with E-state index in [9.17, 15) is 9.59 Å². The van der Waals surface area contributed by atoms with Crippen LogP contribution in [0.3, 0.4) is 0 Å². The summed E-state index contributed by atoms with van der Waals surface area (Å²) in [7, 11) is 0. The Morgan fingerprint density at radius 1 is 1.03 bits per heavy atom. The highest BCUT2D eigenvalue weighted by atomic mass is 32.1. The molecule has 0 saturated carbocycles. The van der Waals surface area contributed by atoms with Gasteiger partial charge < -0.3 is 19.5 Å². The predicted molar refractivity (Wildman–Crippen MR) is 120 cm³/mol. The molecule has 0 spiro atoms. The smallest absolute Gasteiger partial charge is 0.339 e. The minimum Gasteiger partial charge on any atom is -0.454 e. The third-order valence-electron chi connectivity index (χ3n) is 4.97. The molecule has 8 heteroatoms. The second-order valence-corrected chi connectivity index (χ2v) is 8.04. The lowest BCUT2D eigenvalue weighted by atomic mass is 10.1. The van der Waals surface area contributed by atoms with Crippen LogP contribution in [0.4, 0.5) is 0 Å². The van der Waals surface area contributed by atoms with E-state index >= 15 is 0 Å². The van der Waals surface area contributed by atoms with E-state index in [4.69, 9.17) is 14.2 Å². The molecule has 3 heterocycles. The van der Waals surface area contributed by atoms with E-state index in [-0.39, 0.29) is 19.9 Å². The van der Waals surface area contributed by atoms with Crippen LogP contribution in [-0.4, -0.2) is 30.3 Å². The number of thiophene rings is 1. The topological polar surface area (TPSA) is 86.8 Å². The highest BCUT2D eigenvalue weighted by Gasteiger charge is 2.17. The summed E-state index contributed by atoms with van der Waals surface area (Å²) in [6.07, 6.45) is 0. The average molecular weight is 446 g/mol. The van der Waals surface area contributed by atoms with Crippen LogP contribution >= 0.6 is 11.3 Å². The molecule has 0 fully saturated rings. The van der Waals surface area contributed by atoms with Crippen LogP contribution in [0.2, 0.25) is 0 Å². The Morgan fingerprint density at radius 2 is 1.91 bits per heavy atom. The first-order valence-electron chi connectivity index (χ1n) is 9.93. The monoisotopic (exact) mass is 446 g/mol. The molecule has 2 aromatic carbocycles. The number of hydrogen-bond acceptors (Lipinski definition) is 7. The first kappa shape index (κ1) is 20.0. The van der Waals surface area contributed by atoms with Gasteiger partial charge in [-0.2, -0.15) is 0 Å². The van der Waals surface area contributed by atoms with Crippen molar-refractivity contribution in [3.63, 3.8) is 0 Å².